The zero-order chi connectivity index (χ0) is 21.8. The smallest absolute Gasteiger partial charge is 0.318 e. The highest BCUT2D eigenvalue weighted by Crippen LogP contribution is 2.26. The molecule has 6 heteroatoms. The Hall–Kier alpha value is -3.15. The summed E-state index contributed by atoms with van der Waals surface area (Å²) in [6.07, 6.45) is 3.48. The molecule has 0 unspecified atom stereocenters. The van der Waals surface area contributed by atoms with Crippen LogP contribution in [0.15, 0.2) is 59.0 Å². The molecule has 0 radical (unpaired) electrons. The van der Waals surface area contributed by atoms with Crippen LogP contribution in [-0.4, -0.2) is 29.2 Å². The molecule has 1 aliphatic heterocycles. The number of carbonyl (C=O) groups excluding carboxylic acids is 1. The van der Waals surface area contributed by atoms with Gasteiger partial charge in [-0.3, -0.25) is 4.79 Å². The quantitative estimate of drug-likeness (QED) is 0.640. The van der Waals surface area contributed by atoms with Crippen LogP contribution in [0, 0.1) is 0 Å². The molecule has 1 saturated heterocycles. The molecule has 1 aromatic heterocycles. The highest BCUT2D eigenvalue weighted by molar-refractivity contribution is 5.94. The second kappa shape index (κ2) is 8.92. The molecule has 4 rings (SSSR count). The van der Waals surface area contributed by atoms with E-state index < -0.39 is 6.04 Å². The van der Waals surface area contributed by atoms with Crippen LogP contribution < -0.4 is 10.2 Å². The van der Waals surface area contributed by atoms with Crippen molar-refractivity contribution in [2.75, 3.05) is 18.0 Å². The third-order valence-corrected chi connectivity index (χ3v) is 5.72. The monoisotopic (exact) mass is 418 g/mol. The maximum absolute atomic E-state index is 13.1. The molecule has 3 aromatic rings. The third-order valence-electron chi connectivity index (χ3n) is 5.72. The molecule has 0 aliphatic carbocycles. The molecule has 6 nitrogen and oxygen atoms in total. The zero-order valence-electron chi connectivity index (χ0n) is 18.5. The zero-order valence-corrected chi connectivity index (χ0v) is 18.5. The lowest BCUT2D eigenvalue weighted by Gasteiger charge is -2.24. The number of carbonyl (C=O) groups is 1. The average molecular weight is 419 g/mol. The first-order valence-corrected chi connectivity index (χ1v) is 11.0. The number of hydrogen-bond acceptors (Lipinski definition) is 5. The number of benzene rings is 2. The maximum atomic E-state index is 13.1. The molecule has 2 heterocycles. The van der Waals surface area contributed by atoms with E-state index in [1.807, 2.05) is 54.6 Å². The second-order valence-corrected chi connectivity index (χ2v) is 9.12. The molecule has 31 heavy (non-hydrogen) atoms. The van der Waals surface area contributed by atoms with Crippen molar-refractivity contribution in [1.82, 2.24) is 15.5 Å². The van der Waals surface area contributed by atoms with E-state index in [1.54, 1.807) is 0 Å². The first-order chi connectivity index (χ1) is 14.9. The first kappa shape index (κ1) is 21.1. The summed E-state index contributed by atoms with van der Waals surface area (Å²) in [5.74, 6) is 0.221. The maximum Gasteiger partial charge on any atom is 0.318 e. The fourth-order valence-electron chi connectivity index (χ4n) is 3.83. The molecular formula is C25H30N4O2. The van der Waals surface area contributed by atoms with Gasteiger partial charge in [0.2, 0.25) is 5.89 Å². The Morgan fingerprint density at radius 1 is 0.968 bits per heavy atom. The van der Waals surface area contributed by atoms with Crippen LogP contribution >= 0.6 is 0 Å². The van der Waals surface area contributed by atoms with Crippen LogP contribution in [0.4, 0.5) is 6.01 Å². The highest BCUT2D eigenvalue weighted by Gasteiger charge is 2.26. The van der Waals surface area contributed by atoms with E-state index in [0.29, 0.717) is 17.5 Å². The van der Waals surface area contributed by atoms with Crippen LogP contribution in [-0.2, 0) is 5.41 Å². The van der Waals surface area contributed by atoms with Gasteiger partial charge in [0.1, 0.15) is 6.04 Å². The summed E-state index contributed by atoms with van der Waals surface area (Å²) >= 11 is 0. The van der Waals surface area contributed by atoms with Gasteiger partial charge in [-0.25, -0.2) is 0 Å². The normalized spacial score (nSPS) is 15.5. The van der Waals surface area contributed by atoms with Crippen molar-refractivity contribution < 1.29 is 9.21 Å². The number of anilines is 1. The molecule has 0 bridgehead atoms. The SMILES string of the molecule is CC(C)(C)c1ccc(C(=O)N[C@H](c2ccccc2)c2nnc(N3CCCCC3)o2)cc1. The lowest BCUT2D eigenvalue weighted by Crippen LogP contribution is -2.30. The minimum Gasteiger partial charge on any atom is -0.405 e. The van der Waals surface area contributed by atoms with Gasteiger partial charge in [0.25, 0.3) is 5.91 Å². The molecule has 0 saturated carbocycles. The first-order valence-electron chi connectivity index (χ1n) is 11.0. The topological polar surface area (TPSA) is 71.3 Å². The van der Waals surface area contributed by atoms with E-state index in [4.69, 9.17) is 4.42 Å². The third kappa shape index (κ3) is 4.95. The van der Waals surface area contributed by atoms with Gasteiger partial charge in [-0.15, -0.1) is 5.10 Å². The van der Waals surface area contributed by atoms with Gasteiger partial charge in [-0.2, -0.15) is 0 Å². The largest absolute Gasteiger partial charge is 0.405 e. The minimum absolute atomic E-state index is 0.0379. The van der Waals surface area contributed by atoms with Crippen molar-refractivity contribution >= 4 is 11.9 Å². The van der Waals surface area contributed by atoms with Crippen molar-refractivity contribution in [2.24, 2.45) is 0 Å². The van der Waals surface area contributed by atoms with Gasteiger partial charge in [0.15, 0.2) is 0 Å². The van der Waals surface area contributed by atoms with Crippen LogP contribution in [0.2, 0.25) is 0 Å². The van der Waals surface area contributed by atoms with E-state index >= 15 is 0 Å². The fraction of sp³-hybridized carbons (Fsp3) is 0.400. The highest BCUT2D eigenvalue weighted by atomic mass is 16.4. The summed E-state index contributed by atoms with van der Waals surface area (Å²) in [6, 6.07) is 17.5. The summed E-state index contributed by atoms with van der Waals surface area (Å²) < 4.78 is 6.03. The Morgan fingerprint density at radius 3 is 2.29 bits per heavy atom. The van der Waals surface area contributed by atoms with Crippen LogP contribution in [0.5, 0.6) is 0 Å². The van der Waals surface area contributed by atoms with Crippen molar-refractivity contribution in [3.05, 3.63) is 77.2 Å². The summed E-state index contributed by atoms with van der Waals surface area (Å²) in [5.41, 5.74) is 2.73. The van der Waals surface area contributed by atoms with Gasteiger partial charge in [-0.1, -0.05) is 68.3 Å². The Balaban J connectivity index is 1.58. The molecular weight excluding hydrogens is 388 g/mol. The van der Waals surface area contributed by atoms with Gasteiger partial charge in [0.05, 0.1) is 0 Å². The van der Waals surface area contributed by atoms with Gasteiger partial charge < -0.3 is 14.6 Å². The predicted octanol–water partition coefficient (Wildman–Crippen LogP) is 4.88. The van der Waals surface area contributed by atoms with E-state index in [0.717, 1.165) is 31.5 Å². The summed E-state index contributed by atoms with van der Waals surface area (Å²) in [6.45, 7) is 8.31. The summed E-state index contributed by atoms with van der Waals surface area (Å²) in [7, 11) is 0. The summed E-state index contributed by atoms with van der Waals surface area (Å²) in [5, 5.41) is 11.6. The van der Waals surface area contributed by atoms with Gasteiger partial charge >= 0.3 is 6.01 Å². The molecule has 1 aliphatic rings. The van der Waals surface area contributed by atoms with E-state index in [1.165, 1.54) is 12.0 Å². The molecule has 0 spiro atoms. The molecule has 1 atom stereocenters. The number of nitrogens with zero attached hydrogens (tertiary/aromatic N) is 3. The van der Waals surface area contributed by atoms with Gasteiger partial charge in [0, 0.05) is 18.7 Å². The van der Waals surface area contributed by atoms with Crippen molar-refractivity contribution in [2.45, 2.75) is 51.5 Å². The number of rotatable bonds is 5. The van der Waals surface area contributed by atoms with E-state index in [9.17, 15) is 4.79 Å². The Morgan fingerprint density at radius 2 is 1.65 bits per heavy atom. The Labute approximate surface area is 183 Å². The van der Waals surface area contributed by atoms with Gasteiger partial charge in [-0.05, 0) is 47.9 Å². The van der Waals surface area contributed by atoms with Crippen LogP contribution in [0.1, 0.15) is 73.5 Å². The molecule has 162 valence electrons. The van der Waals surface area contributed by atoms with Crippen LogP contribution in [0.3, 0.4) is 0 Å². The van der Waals surface area contributed by atoms with Crippen molar-refractivity contribution in [3.8, 4) is 0 Å². The second-order valence-electron chi connectivity index (χ2n) is 9.12. The Bertz CT molecular complexity index is 1000. The number of hydrogen-bond donors (Lipinski definition) is 1. The van der Waals surface area contributed by atoms with Crippen LogP contribution in [0.25, 0.3) is 0 Å². The lowest BCUT2D eigenvalue weighted by molar-refractivity contribution is 0.0938. The average Bonchev–Trinajstić information content (AvgIpc) is 3.28. The number of aromatic nitrogens is 2. The molecule has 1 fully saturated rings. The predicted molar refractivity (Wildman–Crippen MR) is 121 cm³/mol. The fourth-order valence-corrected chi connectivity index (χ4v) is 3.83. The lowest BCUT2D eigenvalue weighted by atomic mass is 9.86. The van der Waals surface area contributed by atoms with E-state index in [2.05, 4.69) is 41.2 Å². The summed E-state index contributed by atoms with van der Waals surface area (Å²) in [4.78, 5) is 15.2. The van der Waals surface area contributed by atoms with Crippen molar-refractivity contribution in [3.63, 3.8) is 0 Å². The number of nitrogens with one attached hydrogen (secondary N) is 1. The molecule has 2 aromatic carbocycles. The Kier molecular flexibility index (Phi) is 6.07. The van der Waals surface area contributed by atoms with Crippen molar-refractivity contribution in [1.29, 1.82) is 0 Å². The molecule has 1 amide bonds. The number of piperidine rings is 1. The molecule has 1 N–H and O–H groups in total. The minimum atomic E-state index is -0.512. The van der Waals surface area contributed by atoms with E-state index in [-0.39, 0.29) is 11.3 Å². The number of amides is 1. The standard InChI is InChI=1S/C25H30N4O2/c1-25(2,3)20-14-12-19(13-15-20)22(30)26-21(18-10-6-4-7-11-18)23-27-28-24(31-23)29-16-8-5-9-17-29/h4,6-7,10-15,21H,5,8-9,16-17H2,1-3H3,(H,26,30)/t21-/m1/s1.